The van der Waals surface area contributed by atoms with Crippen molar-refractivity contribution >= 4 is 11.9 Å². The lowest BCUT2D eigenvalue weighted by molar-refractivity contribution is -0.146. The molecule has 0 unspecified atom stereocenters. The Morgan fingerprint density at radius 1 is 0.531 bits per heavy atom. The molecule has 0 heterocycles. The molecule has 0 radical (unpaired) electrons. The van der Waals surface area contributed by atoms with Crippen LogP contribution in [0.2, 0.25) is 0 Å². The number of carboxylic acids is 1. The fourth-order valence-corrected chi connectivity index (χ4v) is 2.28. The van der Waals surface area contributed by atoms with Gasteiger partial charge in [-0.1, -0.05) is 13.3 Å². The molecular formula is C22H42O10. The molecule has 10 nitrogen and oxygen atoms in total. The standard InChI is InChI=1S/C22H42O10/c1-2-3-8-26-9-10-27-11-12-28-13-14-29-15-16-30-17-18-31-19-20-32-22(25)7-5-4-6-21(23)24/h2-20H2,1H3,(H,23,24). The van der Waals surface area contributed by atoms with Gasteiger partial charge in [-0.15, -0.1) is 0 Å². The van der Waals surface area contributed by atoms with Crippen molar-refractivity contribution in [2.75, 3.05) is 85.9 Å². The first kappa shape index (κ1) is 30.7. The van der Waals surface area contributed by atoms with Gasteiger partial charge < -0.3 is 38.3 Å². The van der Waals surface area contributed by atoms with Gasteiger partial charge in [0.1, 0.15) is 6.61 Å². The lowest BCUT2D eigenvalue weighted by atomic mass is 10.2. The Morgan fingerprint density at radius 2 is 0.906 bits per heavy atom. The first-order valence-electron chi connectivity index (χ1n) is 11.5. The zero-order valence-electron chi connectivity index (χ0n) is 19.6. The van der Waals surface area contributed by atoms with E-state index in [2.05, 4.69) is 6.92 Å². The summed E-state index contributed by atoms with van der Waals surface area (Å²) in [6.45, 7) is 8.50. The maximum Gasteiger partial charge on any atom is 0.305 e. The van der Waals surface area contributed by atoms with Gasteiger partial charge in [-0.2, -0.15) is 0 Å². The van der Waals surface area contributed by atoms with Gasteiger partial charge in [0.25, 0.3) is 0 Å². The van der Waals surface area contributed by atoms with Crippen molar-refractivity contribution in [2.45, 2.75) is 45.4 Å². The second kappa shape index (κ2) is 26.0. The van der Waals surface area contributed by atoms with Gasteiger partial charge in [0, 0.05) is 19.4 Å². The lowest BCUT2D eigenvalue weighted by Crippen LogP contribution is -2.15. The van der Waals surface area contributed by atoms with Crippen molar-refractivity contribution in [1.82, 2.24) is 0 Å². The van der Waals surface area contributed by atoms with Crippen molar-refractivity contribution in [3.05, 3.63) is 0 Å². The quantitative estimate of drug-likeness (QED) is 0.150. The summed E-state index contributed by atoms with van der Waals surface area (Å²) in [5, 5.41) is 8.51. The van der Waals surface area contributed by atoms with Gasteiger partial charge in [0.05, 0.1) is 72.7 Å². The first-order chi connectivity index (χ1) is 15.7. The molecule has 0 aliphatic rings. The van der Waals surface area contributed by atoms with Crippen LogP contribution in [0.25, 0.3) is 0 Å². The molecule has 0 aromatic heterocycles. The number of aliphatic carboxylic acids is 1. The SMILES string of the molecule is CCCCOCCOCCOCCOCCOCCOCCOC(=O)CCCCC(=O)O. The zero-order chi connectivity index (χ0) is 23.5. The summed E-state index contributed by atoms with van der Waals surface area (Å²) in [7, 11) is 0. The molecule has 10 heteroatoms. The van der Waals surface area contributed by atoms with Gasteiger partial charge in [-0.3, -0.25) is 9.59 Å². The zero-order valence-corrected chi connectivity index (χ0v) is 19.6. The van der Waals surface area contributed by atoms with Gasteiger partial charge in [0.15, 0.2) is 0 Å². The van der Waals surface area contributed by atoms with E-state index in [1.54, 1.807) is 0 Å². The van der Waals surface area contributed by atoms with Crippen molar-refractivity contribution in [3.8, 4) is 0 Å². The van der Waals surface area contributed by atoms with Crippen molar-refractivity contribution in [2.24, 2.45) is 0 Å². The van der Waals surface area contributed by atoms with Gasteiger partial charge >= 0.3 is 11.9 Å². The molecule has 0 aliphatic carbocycles. The summed E-state index contributed by atoms with van der Waals surface area (Å²) in [4.78, 5) is 21.8. The highest BCUT2D eigenvalue weighted by Gasteiger charge is 2.04. The van der Waals surface area contributed by atoms with Crippen LogP contribution in [0, 0.1) is 0 Å². The molecule has 0 aromatic carbocycles. The van der Waals surface area contributed by atoms with E-state index in [1.165, 1.54) is 0 Å². The third kappa shape index (κ3) is 26.7. The number of hydrogen-bond acceptors (Lipinski definition) is 9. The fourth-order valence-electron chi connectivity index (χ4n) is 2.28. The second-order valence-electron chi connectivity index (χ2n) is 6.85. The number of carbonyl (C=O) groups is 2. The van der Waals surface area contributed by atoms with Crippen LogP contribution >= 0.6 is 0 Å². The van der Waals surface area contributed by atoms with E-state index < -0.39 is 5.97 Å². The molecule has 190 valence electrons. The molecule has 0 saturated carbocycles. The van der Waals surface area contributed by atoms with E-state index in [1.807, 2.05) is 0 Å². The van der Waals surface area contributed by atoms with E-state index in [-0.39, 0.29) is 25.4 Å². The molecule has 0 amide bonds. The van der Waals surface area contributed by atoms with Crippen LogP contribution < -0.4 is 0 Å². The van der Waals surface area contributed by atoms with Crippen molar-refractivity contribution < 1.29 is 47.9 Å². The number of carbonyl (C=O) groups excluding carboxylic acids is 1. The molecule has 0 aromatic rings. The Bertz CT molecular complexity index is 420. The smallest absolute Gasteiger partial charge is 0.305 e. The average Bonchev–Trinajstić information content (AvgIpc) is 2.77. The number of ether oxygens (including phenoxy) is 7. The third-order valence-electron chi connectivity index (χ3n) is 4.01. The highest BCUT2D eigenvalue weighted by molar-refractivity contribution is 5.69. The fraction of sp³-hybridized carbons (Fsp3) is 0.909. The molecule has 0 rings (SSSR count). The number of hydrogen-bond donors (Lipinski definition) is 1. The summed E-state index contributed by atoms with van der Waals surface area (Å²) in [5.74, 6) is -1.19. The Morgan fingerprint density at radius 3 is 1.31 bits per heavy atom. The maximum atomic E-state index is 11.4. The largest absolute Gasteiger partial charge is 0.481 e. The van der Waals surface area contributed by atoms with Crippen LogP contribution in [0.5, 0.6) is 0 Å². The summed E-state index contributed by atoms with van der Waals surface area (Å²) in [5.41, 5.74) is 0. The molecule has 0 atom stereocenters. The normalized spacial score (nSPS) is 11.0. The van der Waals surface area contributed by atoms with E-state index in [4.69, 9.17) is 38.3 Å². The molecule has 0 spiro atoms. The molecular weight excluding hydrogens is 424 g/mol. The van der Waals surface area contributed by atoms with Crippen LogP contribution in [-0.4, -0.2) is 103 Å². The summed E-state index contributed by atoms with van der Waals surface area (Å²) in [6, 6.07) is 0. The molecule has 32 heavy (non-hydrogen) atoms. The van der Waals surface area contributed by atoms with Crippen LogP contribution in [-0.2, 0) is 42.7 Å². The van der Waals surface area contributed by atoms with Crippen molar-refractivity contribution in [1.29, 1.82) is 0 Å². The maximum absolute atomic E-state index is 11.4. The summed E-state index contributed by atoms with van der Waals surface area (Å²) in [6.07, 6.45) is 3.50. The van der Waals surface area contributed by atoms with Crippen molar-refractivity contribution in [3.63, 3.8) is 0 Å². The van der Waals surface area contributed by atoms with Crippen LogP contribution in [0.4, 0.5) is 0 Å². The number of unbranched alkanes of at least 4 members (excludes halogenated alkanes) is 2. The van der Waals surface area contributed by atoms with E-state index in [0.717, 1.165) is 19.4 Å². The Labute approximate surface area is 191 Å². The Balaban J connectivity index is 3.10. The highest BCUT2D eigenvalue weighted by atomic mass is 16.6. The van der Waals surface area contributed by atoms with Gasteiger partial charge in [-0.05, 0) is 19.3 Å². The number of carboxylic acid groups (broad SMARTS) is 1. The van der Waals surface area contributed by atoms with E-state index in [9.17, 15) is 9.59 Å². The predicted octanol–water partition coefficient (Wildman–Crippen LogP) is 2.07. The minimum atomic E-state index is -0.856. The molecule has 0 bridgehead atoms. The predicted molar refractivity (Wildman–Crippen MR) is 117 cm³/mol. The van der Waals surface area contributed by atoms with Gasteiger partial charge in [-0.25, -0.2) is 0 Å². The third-order valence-corrected chi connectivity index (χ3v) is 4.01. The molecule has 1 N–H and O–H groups in total. The summed E-state index contributed by atoms with van der Waals surface area (Å²) < 4.78 is 37.3. The van der Waals surface area contributed by atoms with E-state index in [0.29, 0.717) is 85.5 Å². The minimum Gasteiger partial charge on any atom is -0.481 e. The van der Waals surface area contributed by atoms with E-state index >= 15 is 0 Å². The molecule has 0 fully saturated rings. The van der Waals surface area contributed by atoms with Gasteiger partial charge in [0.2, 0.25) is 0 Å². The average molecular weight is 467 g/mol. The highest BCUT2D eigenvalue weighted by Crippen LogP contribution is 2.01. The lowest BCUT2D eigenvalue weighted by Gasteiger charge is -2.08. The second-order valence-corrected chi connectivity index (χ2v) is 6.85. The Kier molecular flexibility index (Phi) is 24.9. The monoisotopic (exact) mass is 466 g/mol. The minimum absolute atomic E-state index is 0.0699. The van der Waals surface area contributed by atoms with Crippen LogP contribution in [0.3, 0.4) is 0 Å². The van der Waals surface area contributed by atoms with Crippen LogP contribution in [0.15, 0.2) is 0 Å². The topological polar surface area (TPSA) is 119 Å². The first-order valence-corrected chi connectivity index (χ1v) is 11.5. The van der Waals surface area contributed by atoms with Crippen LogP contribution in [0.1, 0.15) is 45.4 Å². The number of esters is 1. The number of rotatable bonds is 26. The molecule has 0 aliphatic heterocycles. The summed E-state index contributed by atoms with van der Waals surface area (Å²) >= 11 is 0. The molecule has 0 saturated heterocycles. The Hall–Kier alpha value is -1.30.